The van der Waals surface area contributed by atoms with E-state index >= 15 is 0 Å². The molecule has 0 amide bonds. The van der Waals surface area contributed by atoms with Crippen molar-refractivity contribution in [2.24, 2.45) is 17.8 Å². The van der Waals surface area contributed by atoms with Crippen LogP contribution in [-0.4, -0.2) is 32.2 Å². The van der Waals surface area contributed by atoms with Crippen molar-refractivity contribution in [2.45, 2.75) is 38.8 Å². The third kappa shape index (κ3) is 4.57. The molecule has 0 saturated heterocycles. The summed E-state index contributed by atoms with van der Waals surface area (Å²) in [5, 5.41) is 3.49. The Morgan fingerprint density at radius 3 is 2.46 bits per heavy atom. The highest BCUT2D eigenvalue weighted by Crippen LogP contribution is 2.38. The summed E-state index contributed by atoms with van der Waals surface area (Å²) >= 11 is 0. The van der Waals surface area contributed by atoms with Gasteiger partial charge in [0, 0.05) is 19.0 Å². The lowest BCUT2D eigenvalue weighted by molar-refractivity contribution is -0.153. The van der Waals surface area contributed by atoms with Gasteiger partial charge in [-0.2, -0.15) is 0 Å². The predicted octanol–water partition coefficient (Wildman–Crippen LogP) is 2.54. The number of hydrogen-bond donors (Lipinski definition) is 1. The zero-order valence-corrected chi connectivity index (χ0v) is 14.7. The van der Waals surface area contributed by atoms with Gasteiger partial charge in [0.25, 0.3) is 0 Å². The molecule has 0 radical (unpaired) electrons. The summed E-state index contributed by atoms with van der Waals surface area (Å²) in [6, 6.07) is 10.1. The first-order chi connectivity index (χ1) is 11.6. The largest absolute Gasteiger partial charge is 0.469 e. The first-order valence-electron chi connectivity index (χ1n) is 8.48. The molecule has 1 saturated carbocycles. The van der Waals surface area contributed by atoms with Crippen molar-refractivity contribution < 1.29 is 19.1 Å². The Morgan fingerprint density at radius 2 is 1.83 bits per heavy atom. The molecule has 0 bridgehead atoms. The van der Waals surface area contributed by atoms with Gasteiger partial charge in [0.1, 0.15) is 0 Å². The van der Waals surface area contributed by atoms with Crippen molar-refractivity contribution in [3.63, 3.8) is 0 Å². The Bertz CT molecular complexity index is 546. The van der Waals surface area contributed by atoms with E-state index < -0.39 is 0 Å². The summed E-state index contributed by atoms with van der Waals surface area (Å²) in [6.07, 6.45) is 2.12. The minimum Gasteiger partial charge on any atom is -0.469 e. The summed E-state index contributed by atoms with van der Waals surface area (Å²) < 4.78 is 9.85. The zero-order chi connectivity index (χ0) is 17.5. The fourth-order valence-electron chi connectivity index (χ4n) is 3.64. The topological polar surface area (TPSA) is 64.6 Å². The summed E-state index contributed by atoms with van der Waals surface area (Å²) in [5.41, 5.74) is 1.17. The third-order valence-electron chi connectivity index (χ3n) is 5.07. The lowest BCUT2D eigenvalue weighted by atomic mass is 9.68. The van der Waals surface area contributed by atoms with E-state index in [4.69, 9.17) is 9.47 Å². The molecule has 0 aromatic heterocycles. The second-order valence-corrected chi connectivity index (χ2v) is 6.52. The minimum absolute atomic E-state index is 0.00325. The summed E-state index contributed by atoms with van der Waals surface area (Å²) in [6.45, 7) is 2.79. The maximum atomic E-state index is 12.4. The highest BCUT2D eigenvalue weighted by atomic mass is 16.5. The molecule has 2 rings (SSSR count). The summed E-state index contributed by atoms with van der Waals surface area (Å²) in [5.74, 6) is -0.637. The van der Waals surface area contributed by atoms with Gasteiger partial charge >= 0.3 is 11.9 Å². The fourth-order valence-corrected chi connectivity index (χ4v) is 3.64. The molecule has 0 heterocycles. The van der Waals surface area contributed by atoms with Crippen LogP contribution >= 0.6 is 0 Å². The molecule has 0 unspecified atom stereocenters. The van der Waals surface area contributed by atoms with Crippen LogP contribution in [0.3, 0.4) is 0 Å². The summed E-state index contributed by atoms with van der Waals surface area (Å²) in [4.78, 5) is 24.2. The van der Waals surface area contributed by atoms with Gasteiger partial charge in [0.2, 0.25) is 0 Å². The molecule has 0 aliphatic heterocycles. The molecule has 5 heteroatoms. The van der Waals surface area contributed by atoms with Gasteiger partial charge in [0.15, 0.2) is 0 Å². The Morgan fingerprint density at radius 1 is 1.12 bits per heavy atom. The molecule has 0 spiro atoms. The van der Waals surface area contributed by atoms with E-state index in [0.29, 0.717) is 6.54 Å². The number of esters is 2. The number of ether oxygens (including phenoxy) is 2. The molecule has 1 aliphatic rings. The Kier molecular flexibility index (Phi) is 6.79. The number of methoxy groups -OCH3 is 2. The van der Waals surface area contributed by atoms with Gasteiger partial charge < -0.3 is 14.8 Å². The molecule has 4 atom stereocenters. The van der Waals surface area contributed by atoms with E-state index in [1.54, 1.807) is 0 Å². The molecule has 132 valence electrons. The number of carbonyl (C=O) groups is 2. The van der Waals surface area contributed by atoms with Crippen molar-refractivity contribution in [1.29, 1.82) is 0 Å². The number of carbonyl (C=O) groups excluding carboxylic acids is 2. The maximum Gasteiger partial charge on any atom is 0.310 e. The van der Waals surface area contributed by atoms with Crippen LogP contribution in [0, 0.1) is 17.8 Å². The van der Waals surface area contributed by atoms with Crippen LogP contribution in [0.25, 0.3) is 0 Å². The molecule has 1 N–H and O–H groups in total. The van der Waals surface area contributed by atoms with E-state index in [9.17, 15) is 9.59 Å². The standard InChI is InChI=1S/C19H27NO4/c1-13-9-10-16(20-12-14-7-5-4-6-8-14)18(19(22)24-3)15(13)11-17(21)23-2/h4-8,13,15-16,18,20H,9-12H2,1-3H3/t13-,15-,16+,18+/m1/s1. The van der Waals surface area contributed by atoms with Crippen LogP contribution in [-0.2, 0) is 25.6 Å². The Hall–Kier alpha value is -1.88. The van der Waals surface area contributed by atoms with E-state index in [1.807, 2.05) is 18.2 Å². The number of benzene rings is 1. The van der Waals surface area contributed by atoms with Crippen LogP contribution in [0.5, 0.6) is 0 Å². The van der Waals surface area contributed by atoms with E-state index in [-0.39, 0.29) is 42.2 Å². The molecule has 1 fully saturated rings. The van der Waals surface area contributed by atoms with Gasteiger partial charge in [-0.3, -0.25) is 9.59 Å². The maximum absolute atomic E-state index is 12.4. The molecule has 1 aromatic rings. The first-order valence-corrected chi connectivity index (χ1v) is 8.48. The van der Waals surface area contributed by atoms with Crippen LogP contribution < -0.4 is 5.32 Å². The highest BCUT2D eigenvalue weighted by Gasteiger charge is 2.43. The molecular weight excluding hydrogens is 306 g/mol. The van der Waals surface area contributed by atoms with Crippen LogP contribution in [0.4, 0.5) is 0 Å². The normalized spacial score (nSPS) is 26.6. The second-order valence-electron chi connectivity index (χ2n) is 6.52. The van der Waals surface area contributed by atoms with Gasteiger partial charge in [0.05, 0.1) is 20.1 Å². The molecule has 1 aliphatic carbocycles. The Balaban J connectivity index is 2.12. The van der Waals surface area contributed by atoms with Crippen molar-refractivity contribution >= 4 is 11.9 Å². The highest BCUT2D eigenvalue weighted by molar-refractivity contribution is 5.76. The lowest BCUT2D eigenvalue weighted by Crippen LogP contribution is -2.49. The number of rotatable bonds is 6. The molecule has 5 nitrogen and oxygen atoms in total. The predicted molar refractivity (Wildman–Crippen MR) is 91.1 cm³/mol. The average Bonchev–Trinajstić information content (AvgIpc) is 2.62. The monoisotopic (exact) mass is 333 g/mol. The van der Waals surface area contributed by atoms with Crippen LogP contribution in [0.1, 0.15) is 31.7 Å². The van der Waals surface area contributed by atoms with Gasteiger partial charge in [-0.25, -0.2) is 0 Å². The lowest BCUT2D eigenvalue weighted by Gasteiger charge is -2.40. The van der Waals surface area contributed by atoms with Crippen molar-refractivity contribution in [3.05, 3.63) is 35.9 Å². The van der Waals surface area contributed by atoms with E-state index in [2.05, 4.69) is 24.4 Å². The zero-order valence-electron chi connectivity index (χ0n) is 14.7. The number of hydrogen-bond acceptors (Lipinski definition) is 5. The molecule has 1 aromatic carbocycles. The van der Waals surface area contributed by atoms with Gasteiger partial charge in [-0.15, -0.1) is 0 Å². The van der Waals surface area contributed by atoms with Crippen molar-refractivity contribution in [2.75, 3.05) is 14.2 Å². The summed E-state index contributed by atoms with van der Waals surface area (Å²) in [7, 11) is 2.79. The third-order valence-corrected chi connectivity index (χ3v) is 5.07. The fraction of sp³-hybridized carbons (Fsp3) is 0.579. The second kappa shape index (κ2) is 8.83. The van der Waals surface area contributed by atoms with Crippen LogP contribution in [0.15, 0.2) is 30.3 Å². The first kappa shape index (κ1) is 18.5. The smallest absolute Gasteiger partial charge is 0.310 e. The van der Waals surface area contributed by atoms with Crippen molar-refractivity contribution in [1.82, 2.24) is 5.32 Å². The average molecular weight is 333 g/mol. The van der Waals surface area contributed by atoms with Crippen molar-refractivity contribution in [3.8, 4) is 0 Å². The van der Waals surface area contributed by atoms with E-state index in [0.717, 1.165) is 12.8 Å². The molecular formula is C19H27NO4. The van der Waals surface area contributed by atoms with Gasteiger partial charge in [-0.05, 0) is 30.2 Å². The minimum atomic E-state index is -0.332. The number of nitrogens with one attached hydrogen (secondary N) is 1. The van der Waals surface area contributed by atoms with Gasteiger partial charge in [-0.1, -0.05) is 37.3 Å². The SMILES string of the molecule is COC(=O)C[C@H]1[C@H](C(=O)OC)[C@@H](NCc2ccccc2)CC[C@H]1C. The van der Waals surface area contributed by atoms with Crippen LogP contribution in [0.2, 0.25) is 0 Å². The Labute approximate surface area is 143 Å². The molecule has 24 heavy (non-hydrogen) atoms. The van der Waals surface area contributed by atoms with E-state index in [1.165, 1.54) is 19.8 Å². The quantitative estimate of drug-likeness (QED) is 0.811.